The second kappa shape index (κ2) is 9.07. The first-order valence-electron chi connectivity index (χ1n) is 10.4. The number of carbonyl (C=O) groups is 2. The summed E-state index contributed by atoms with van der Waals surface area (Å²) in [6, 6.07) is 8.47. The first kappa shape index (κ1) is 20.7. The number of primary amides is 1. The van der Waals surface area contributed by atoms with Crippen LogP contribution in [0.25, 0.3) is 0 Å². The summed E-state index contributed by atoms with van der Waals surface area (Å²) in [5.41, 5.74) is 7.78. The van der Waals surface area contributed by atoms with E-state index in [9.17, 15) is 9.59 Å². The first-order valence-corrected chi connectivity index (χ1v) is 11.4. The van der Waals surface area contributed by atoms with E-state index in [4.69, 9.17) is 5.73 Å². The molecule has 0 spiro atoms. The normalized spacial score (nSPS) is 16.7. The molecule has 9 heteroatoms. The van der Waals surface area contributed by atoms with Crippen LogP contribution in [-0.4, -0.2) is 63.4 Å². The number of piperazine rings is 1. The summed E-state index contributed by atoms with van der Waals surface area (Å²) in [7, 11) is 0. The molecule has 4 rings (SSSR count). The van der Waals surface area contributed by atoms with Crippen molar-refractivity contribution >= 4 is 29.3 Å². The van der Waals surface area contributed by atoms with E-state index in [-0.39, 0.29) is 18.2 Å². The molecular formula is C21H28N6O2S. The Hall–Kier alpha value is -2.55. The van der Waals surface area contributed by atoms with Crippen molar-refractivity contribution in [1.29, 1.82) is 0 Å². The van der Waals surface area contributed by atoms with Gasteiger partial charge in [-0.3, -0.25) is 9.59 Å². The van der Waals surface area contributed by atoms with Crippen molar-refractivity contribution in [1.82, 2.24) is 19.7 Å². The second-order valence-corrected chi connectivity index (χ2v) is 8.92. The van der Waals surface area contributed by atoms with Gasteiger partial charge in [-0.15, -0.1) is 10.2 Å². The highest BCUT2D eigenvalue weighted by atomic mass is 32.2. The minimum absolute atomic E-state index is 0.112. The molecule has 2 heterocycles. The molecule has 2 fully saturated rings. The molecule has 2 N–H and O–H groups in total. The lowest BCUT2D eigenvalue weighted by atomic mass is 10.2. The fourth-order valence-corrected chi connectivity index (χ4v) is 4.61. The van der Waals surface area contributed by atoms with Crippen molar-refractivity contribution in [3.05, 3.63) is 35.7 Å². The van der Waals surface area contributed by atoms with Gasteiger partial charge in [0, 0.05) is 50.7 Å². The van der Waals surface area contributed by atoms with Gasteiger partial charge in [-0.1, -0.05) is 23.9 Å². The Balaban J connectivity index is 1.31. The van der Waals surface area contributed by atoms with Crippen LogP contribution in [0.5, 0.6) is 0 Å². The molecular weight excluding hydrogens is 400 g/mol. The van der Waals surface area contributed by atoms with Crippen molar-refractivity contribution in [2.24, 2.45) is 5.73 Å². The van der Waals surface area contributed by atoms with Crippen LogP contribution in [0, 0.1) is 6.92 Å². The van der Waals surface area contributed by atoms with E-state index in [0.29, 0.717) is 23.4 Å². The molecule has 2 aromatic rings. The third kappa shape index (κ3) is 4.95. The molecule has 0 bridgehead atoms. The van der Waals surface area contributed by atoms with E-state index in [1.807, 2.05) is 9.47 Å². The van der Waals surface area contributed by atoms with Crippen LogP contribution in [0.15, 0.2) is 29.4 Å². The highest BCUT2D eigenvalue weighted by Crippen LogP contribution is 2.40. The van der Waals surface area contributed by atoms with Crippen LogP contribution < -0.4 is 10.6 Å². The van der Waals surface area contributed by atoms with Crippen LogP contribution >= 0.6 is 11.8 Å². The molecule has 0 atom stereocenters. The first-order chi connectivity index (χ1) is 14.5. The Morgan fingerprint density at radius 3 is 2.60 bits per heavy atom. The van der Waals surface area contributed by atoms with Gasteiger partial charge in [-0.2, -0.15) is 0 Å². The van der Waals surface area contributed by atoms with E-state index >= 15 is 0 Å². The molecule has 1 aromatic heterocycles. The predicted octanol–water partition coefficient (Wildman–Crippen LogP) is 1.78. The van der Waals surface area contributed by atoms with Gasteiger partial charge in [0.05, 0.1) is 5.75 Å². The summed E-state index contributed by atoms with van der Waals surface area (Å²) in [4.78, 5) is 28.2. The zero-order valence-electron chi connectivity index (χ0n) is 17.3. The summed E-state index contributed by atoms with van der Waals surface area (Å²) >= 11 is 1.40. The molecule has 160 valence electrons. The zero-order chi connectivity index (χ0) is 21.1. The van der Waals surface area contributed by atoms with Crippen molar-refractivity contribution in [3.8, 4) is 0 Å². The van der Waals surface area contributed by atoms with E-state index in [1.165, 1.54) is 23.0 Å². The van der Waals surface area contributed by atoms with Gasteiger partial charge < -0.3 is 20.1 Å². The van der Waals surface area contributed by atoms with Gasteiger partial charge in [0.25, 0.3) is 0 Å². The van der Waals surface area contributed by atoms with Crippen LogP contribution in [0.3, 0.4) is 0 Å². The number of nitrogens with two attached hydrogens (primary N) is 1. The van der Waals surface area contributed by atoms with Crippen molar-refractivity contribution in [2.45, 2.75) is 43.8 Å². The Bertz CT molecular complexity index is 918. The molecule has 1 aromatic carbocycles. The second-order valence-electron chi connectivity index (χ2n) is 7.98. The number of hydrogen-bond donors (Lipinski definition) is 1. The smallest absolute Gasteiger partial charge is 0.233 e. The maximum Gasteiger partial charge on any atom is 0.233 e. The molecule has 30 heavy (non-hydrogen) atoms. The average Bonchev–Trinajstić information content (AvgIpc) is 3.51. The molecule has 0 unspecified atom stereocenters. The Labute approximate surface area is 180 Å². The van der Waals surface area contributed by atoms with E-state index in [0.717, 1.165) is 44.8 Å². The van der Waals surface area contributed by atoms with Crippen molar-refractivity contribution in [3.63, 3.8) is 0 Å². The molecule has 1 saturated heterocycles. The van der Waals surface area contributed by atoms with Gasteiger partial charge in [-0.25, -0.2) is 0 Å². The summed E-state index contributed by atoms with van der Waals surface area (Å²) in [6.45, 7) is 5.67. The van der Waals surface area contributed by atoms with E-state index in [2.05, 4.69) is 46.3 Å². The number of nitrogens with zero attached hydrogens (tertiary/aromatic N) is 5. The predicted molar refractivity (Wildman–Crippen MR) is 117 cm³/mol. The van der Waals surface area contributed by atoms with Gasteiger partial charge in [0.15, 0.2) is 5.16 Å². The third-order valence-electron chi connectivity index (χ3n) is 5.59. The Kier molecular flexibility index (Phi) is 6.26. The summed E-state index contributed by atoms with van der Waals surface area (Å²) in [5.74, 6) is 1.43. The largest absolute Gasteiger partial charge is 0.370 e. The minimum atomic E-state index is -0.344. The zero-order valence-corrected chi connectivity index (χ0v) is 18.1. The lowest BCUT2D eigenvalue weighted by Crippen LogP contribution is -2.49. The molecule has 0 radical (unpaired) electrons. The summed E-state index contributed by atoms with van der Waals surface area (Å²) in [5, 5.41) is 9.28. The van der Waals surface area contributed by atoms with Gasteiger partial charge in [0.1, 0.15) is 5.82 Å². The van der Waals surface area contributed by atoms with Crippen LogP contribution in [-0.2, 0) is 16.1 Å². The monoisotopic (exact) mass is 428 g/mol. The SMILES string of the molecule is Cc1cccc(N2CCN(C(=O)CSc3nnc(C4CC4)n3CCC(N)=O)CC2)c1. The fraction of sp³-hybridized carbons (Fsp3) is 0.524. The molecule has 2 amide bonds. The number of aryl methyl sites for hydroxylation is 1. The van der Waals surface area contributed by atoms with Crippen molar-refractivity contribution in [2.75, 3.05) is 36.8 Å². The van der Waals surface area contributed by atoms with E-state index < -0.39 is 0 Å². The number of hydrogen-bond acceptors (Lipinski definition) is 6. The maximum absolute atomic E-state index is 12.8. The number of rotatable bonds is 8. The standard InChI is InChI=1S/C21H28N6O2S/c1-15-3-2-4-17(13-15)25-9-11-26(12-10-25)19(29)14-30-21-24-23-20(16-5-6-16)27(21)8-7-18(22)28/h2-4,13,16H,5-12,14H2,1H3,(H2,22,28). The van der Waals surface area contributed by atoms with Crippen LogP contribution in [0.1, 0.15) is 36.6 Å². The van der Waals surface area contributed by atoms with Gasteiger partial charge in [-0.05, 0) is 37.5 Å². The fourth-order valence-electron chi connectivity index (χ4n) is 3.74. The van der Waals surface area contributed by atoms with Gasteiger partial charge >= 0.3 is 0 Å². The number of aromatic nitrogens is 3. The Morgan fingerprint density at radius 2 is 1.93 bits per heavy atom. The number of amides is 2. The molecule has 2 aliphatic rings. The quantitative estimate of drug-likeness (QED) is 0.644. The van der Waals surface area contributed by atoms with Crippen LogP contribution in [0.4, 0.5) is 5.69 Å². The van der Waals surface area contributed by atoms with Crippen LogP contribution in [0.2, 0.25) is 0 Å². The average molecular weight is 429 g/mol. The minimum Gasteiger partial charge on any atom is -0.370 e. The molecule has 1 aliphatic carbocycles. The highest BCUT2D eigenvalue weighted by molar-refractivity contribution is 7.99. The maximum atomic E-state index is 12.8. The molecule has 1 aliphatic heterocycles. The van der Waals surface area contributed by atoms with Crippen molar-refractivity contribution < 1.29 is 9.59 Å². The number of benzene rings is 1. The highest BCUT2D eigenvalue weighted by Gasteiger charge is 2.31. The lowest BCUT2D eigenvalue weighted by Gasteiger charge is -2.36. The number of thioether (sulfide) groups is 1. The van der Waals surface area contributed by atoms with E-state index in [1.54, 1.807) is 0 Å². The van der Waals surface area contributed by atoms with Gasteiger partial charge in [0.2, 0.25) is 11.8 Å². The topological polar surface area (TPSA) is 97.3 Å². The summed E-state index contributed by atoms with van der Waals surface area (Å²) < 4.78 is 1.97. The lowest BCUT2D eigenvalue weighted by molar-refractivity contribution is -0.128. The Morgan fingerprint density at radius 1 is 1.17 bits per heavy atom. The molecule has 8 nitrogen and oxygen atoms in total. The summed E-state index contributed by atoms with van der Waals surface area (Å²) in [6.07, 6.45) is 2.45. The number of anilines is 1. The molecule has 1 saturated carbocycles. The number of carbonyl (C=O) groups excluding carboxylic acids is 2. The third-order valence-corrected chi connectivity index (χ3v) is 6.55.